The van der Waals surface area contributed by atoms with Gasteiger partial charge in [-0.3, -0.25) is 33.6 Å². The highest BCUT2D eigenvalue weighted by Gasteiger charge is 2.37. The Kier molecular flexibility index (Phi) is 40.6. The normalized spacial score (nSPS) is 15.4. The van der Waals surface area contributed by atoms with Crippen molar-refractivity contribution in [2.24, 2.45) is 39.4 Å². The van der Waals surface area contributed by atoms with E-state index in [0.29, 0.717) is 0 Å². The number of rotatable bonds is 27. The van der Waals surface area contributed by atoms with Crippen LogP contribution in [0.1, 0.15) is 350 Å². The molecule has 0 radical (unpaired) electrons. The molecule has 9 unspecified atom stereocenters. The van der Waals surface area contributed by atoms with Gasteiger partial charge in [-0.05, 0) is 391 Å². The standard InChI is InChI=1S/2C22H24O2.C21H22O2.C19H20O2.C18H26O2.C17H24O3.C15H20O3/c1-5-22(3,4)21(23)24-15(2)19-12-8-11-18-13-16-9-6-7-10-17(16)14-20(18)19;1-5-22(3,4)21(23)24-15(2)16-10-11-19-13-17-8-6-7-9-18(17)14-20(19)12-16;1-4-14(2)21(22)23-15(3)16-9-10-19-12-17-7-5-6-8-18(17)13-20(19)11-16;1-3-13(2)19(20)21-18-16-10-6-4-8-14(16)12-15-9-5-7-11-17(15)18;1-5-18(3,4)17(19)20-13(2)15-11-10-14-8-6-7-9-16(14)12-15;1-5-17(2,3)16(18)20-15-8-6-7-12-11-13(19-4)9-10-14(12)15;1-4-10(2)15(16)18-14-8-5-11-9-12(17-3)6-7-13(11)14/h2*6-15H,5H2,1-4H3;5-15H,4H2,1-3H3;4-11,13,18H,3,12H2,1-2H3;10-13H,5-9H2,1-4H3;9-11,15H,5-8H2,1-4H3;6-7,9-10,14H,4-5,8H2,1-3H3. The van der Waals surface area contributed by atoms with Crippen LogP contribution in [0.15, 0.2) is 267 Å². The summed E-state index contributed by atoms with van der Waals surface area (Å²) in [5.41, 5.74) is 14.9. The van der Waals surface area contributed by atoms with Crippen molar-refractivity contribution in [3.05, 3.63) is 345 Å². The summed E-state index contributed by atoms with van der Waals surface area (Å²) < 4.78 is 50.4. The molecule has 0 bridgehead atoms. The lowest BCUT2D eigenvalue weighted by molar-refractivity contribution is -0.161. The maximum Gasteiger partial charge on any atom is 0.312 e. The number of methoxy groups -OCH3 is 2. The second-order valence-electron chi connectivity index (χ2n) is 43.5. The minimum absolute atomic E-state index is 0.0210. The lowest BCUT2D eigenvalue weighted by atomic mass is 9.84. The minimum Gasteiger partial charge on any atom is -0.497 e. The van der Waals surface area contributed by atoms with E-state index in [4.69, 9.17) is 42.6 Å². The SMILES string of the molecule is CCC(C)(C)C(=O)OC(C)c1ccc2c(c1)CCCC2.CCC(C)(C)C(=O)OC(C)c1ccc2cc3ccccc3cc2c1.CCC(C)(C)C(=O)OC(C)c1cccc2cc3ccccc3cc12.CCC(C)(C)C(=O)OC1CCCc2cc(OC)ccc21.CCC(C)C(=O)OC(C)c1ccc2cc3ccccc3cc2c1.CCC(C)C(=O)OC1CCc2cc(OC)ccc21.CCC(C)C(=O)OC1c2ccccc2Cc2ccccc21. The van der Waals surface area contributed by atoms with E-state index in [0.717, 1.165) is 151 Å². The van der Waals surface area contributed by atoms with E-state index in [2.05, 4.69) is 182 Å². The zero-order valence-electron chi connectivity index (χ0n) is 93.2. The molecule has 0 spiro atoms. The number of carbonyl (C=O) groups excluding carboxylic acids is 7. The Morgan fingerprint density at radius 3 is 1.10 bits per heavy atom. The highest BCUT2D eigenvalue weighted by atomic mass is 16.6. The second-order valence-corrected chi connectivity index (χ2v) is 43.5. The van der Waals surface area contributed by atoms with Gasteiger partial charge in [-0.2, -0.15) is 0 Å². The lowest BCUT2D eigenvalue weighted by Crippen LogP contribution is -2.28. The number of aryl methyl sites for hydroxylation is 4. The molecule has 9 atom stereocenters. The van der Waals surface area contributed by atoms with Gasteiger partial charge in [-0.25, -0.2) is 0 Å². The quantitative estimate of drug-likeness (QED) is 0.0267. The van der Waals surface area contributed by atoms with Crippen LogP contribution in [-0.4, -0.2) is 56.0 Å². The van der Waals surface area contributed by atoms with Crippen molar-refractivity contribution in [2.75, 3.05) is 14.2 Å². The molecule has 0 saturated carbocycles. The first-order valence-electron chi connectivity index (χ1n) is 54.5. The van der Waals surface area contributed by atoms with Crippen molar-refractivity contribution < 1.29 is 76.2 Å². The van der Waals surface area contributed by atoms with Crippen LogP contribution >= 0.6 is 0 Å². The fourth-order valence-corrected chi connectivity index (χ4v) is 18.3. The lowest BCUT2D eigenvalue weighted by Gasteiger charge is -2.29. The number of esters is 7. The number of carbonyl (C=O) groups is 7. The van der Waals surface area contributed by atoms with E-state index in [9.17, 15) is 33.6 Å². The number of hydrogen-bond acceptors (Lipinski definition) is 16. The van der Waals surface area contributed by atoms with E-state index in [-0.39, 0.29) is 102 Å². The molecule has 150 heavy (non-hydrogen) atoms. The summed E-state index contributed by atoms with van der Waals surface area (Å²) in [6.45, 7) is 43.0. The topological polar surface area (TPSA) is 203 Å². The molecule has 14 aromatic rings. The van der Waals surface area contributed by atoms with Crippen LogP contribution in [0.4, 0.5) is 0 Å². The highest BCUT2D eigenvalue weighted by molar-refractivity contribution is 6.02. The van der Waals surface area contributed by atoms with Crippen LogP contribution in [0.25, 0.3) is 64.6 Å². The van der Waals surface area contributed by atoms with Crippen LogP contribution in [0.3, 0.4) is 0 Å². The van der Waals surface area contributed by atoms with E-state index in [1.54, 1.807) is 14.2 Å². The molecular formula is C134H160O16. The van der Waals surface area contributed by atoms with Crippen LogP contribution in [0, 0.1) is 39.4 Å². The van der Waals surface area contributed by atoms with Gasteiger partial charge in [0.1, 0.15) is 48.1 Å². The monoisotopic (exact) mass is 2030 g/mol. The molecule has 792 valence electrons. The molecule has 16 heteroatoms. The molecule has 4 aliphatic carbocycles. The van der Waals surface area contributed by atoms with Gasteiger partial charge in [0, 0.05) is 16.7 Å². The first-order chi connectivity index (χ1) is 71.7. The zero-order chi connectivity index (χ0) is 108. The fraction of sp³-hybridized carbons (Fsp3) is 0.410. The number of ether oxygens (including phenoxy) is 9. The average molecular weight is 2030 g/mol. The van der Waals surface area contributed by atoms with Gasteiger partial charge in [0.05, 0.1) is 53.6 Å². The molecule has 16 nitrogen and oxygen atoms in total. The fourth-order valence-electron chi connectivity index (χ4n) is 18.3. The summed E-state index contributed by atoms with van der Waals surface area (Å²) in [7, 11) is 3.34. The van der Waals surface area contributed by atoms with Gasteiger partial charge in [-0.1, -0.05) is 263 Å². The van der Waals surface area contributed by atoms with Gasteiger partial charge in [0.2, 0.25) is 0 Å². The summed E-state index contributed by atoms with van der Waals surface area (Å²) in [5, 5.41) is 14.4. The number of fused-ring (bicyclic) bond motifs is 11. The molecule has 4 aliphatic rings. The molecule has 0 fully saturated rings. The van der Waals surface area contributed by atoms with Crippen molar-refractivity contribution >= 4 is 106 Å². The Bertz CT molecular complexity index is 6950. The summed E-state index contributed by atoms with van der Waals surface area (Å²) >= 11 is 0. The predicted octanol–water partition coefficient (Wildman–Crippen LogP) is 33.9. The van der Waals surface area contributed by atoms with Gasteiger partial charge in [0.25, 0.3) is 0 Å². The molecule has 0 N–H and O–H groups in total. The molecule has 0 aliphatic heterocycles. The van der Waals surface area contributed by atoms with E-state index < -0.39 is 21.7 Å². The van der Waals surface area contributed by atoms with E-state index >= 15 is 0 Å². The third-order valence-electron chi connectivity index (χ3n) is 31.2. The Hall–Kier alpha value is -13.5. The Balaban J connectivity index is 0.000000155. The molecule has 18 rings (SSSR count). The largest absolute Gasteiger partial charge is 0.497 e. The maximum absolute atomic E-state index is 12.4. The summed E-state index contributed by atoms with van der Waals surface area (Å²) in [5.74, 6) is 0.761. The number of benzene rings is 14. The van der Waals surface area contributed by atoms with Gasteiger partial charge in [-0.15, -0.1) is 0 Å². The highest BCUT2D eigenvalue weighted by Crippen LogP contribution is 2.44. The number of hydrogen-bond donors (Lipinski definition) is 0. The first kappa shape index (κ1) is 115. The Morgan fingerprint density at radius 1 is 0.280 bits per heavy atom. The summed E-state index contributed by atoms with van der Waals surface area (Å²) in [6.07, 6.45) is 14.8. The first-order valence-corrected chi connectivity index (χ1v) is 54.5. The average Bonchev–Trinajstić information content (AvgIpc) is 0.853. The Morgan fingerprint density at radius 2 is 0.640 bits per heavy atom. The van der Waals surface area contributed by atoms with E-state index in [1.165, 1.54) is 112 Å². The van der Waals surface area contributed by atoms with Crippen LogP contribution in [-0.2, 0) is 98.8 Å². The van der Waals surface area contributed by atoms with Gasteiger partial charge in [0.15, 0.2) is 6.10 Å². The minimum atomic E-state index is -0.453. The van der Waals surface area contributed by atoms with Crippen molar-refractivity contribution in [2.45, 2.75) is 304 Å². The molecule has 0 heterocycles. The van der Waals surface area contributed by atoms with Crippen LogP contribution in [0.5, 0.6) is 11.5 Å². The van der Waals surface area contributed by atoms with Crippen LogP contribution < -0.4 is 9.47 Å². The predicted molar refractivity (Wildman–Crippen MR) is 609 cm³/mol. The Labute approximate surface area is 891 Å². The molecule has 0 aromatic heterocycles. The zero-order valence-corrected chi connectivity index (χ0v) is 93.2. The third-order valence-corrected chi connectivity index (χ3v) is 31.2. The van der Waals surface area contributed by atoms with Crippen molar-refractivity contribution in [1.82, 2.24) is 0 Å². The smallest absolute Gasteiger partial charge is 0.312 e. The van der Waals surface area contributed by atoms with Gasteiger partial charge < -0.3 is 42.6 Å². The maximum atomic E-state index is 12.4. The molecule has 0 saturated heterocycles. The summed E-state index contributed by atoms with van der Waals surface area (Å²) in [6, 6.07) is 92.0. The van der Waals surface area contributed by atoms with Crippen molar-refractivity contribution in [3.63, 3.8) is 0 Å². The van der Waals surface area contributed by atoms with Crippen molar-refractivity contribution in [3.8, 4) is 11.5 Å². The second kappa shape index (κ2) is 52.8. The van der Waals surface area contributed by atoms with Crippen LogP contribution in [0.2, 0.25) is 0 Å². The van der Waals surface area contributed by atoms with E-state index in [1.807, 2.05) is 237 Å². The molecule has 14 aromatic carbocycles. The molecular weight excluding hydrogens is 1870 g/mol. The van der Waals surface area contributed by atoms with Crippen molar-refractivity contribution in [1.29, 1.82) is 0 Å². The third kappa shape index (κ3) is 29.6. The summed E-state index contributed by atoms with van der Waals surface area (Å²) in [4.78, 5) is 85.1. The van der Waals surface area contributed by atoms with Gasteiger partial charge >= 0.3 is 41.8 Å². The molecule has 0 amide bonds.